The minimum atomic E-state index is -1.34. The monoisotopic (exact) mass is 402 g/mol. The third kappa shape index (κ3) is 2.42. The molecule has 4 aliphatic carbocycles. The maximum atomic E-state index is 12.6. The van der Waals surface area contributed by atoms with Crippen LogP contribution in [0.5, 0.6) is 0 Å². The molecule has 6 nitrogen and oxygen atoms in total. The van der Waals surface area contributed by atoms with E-state index < -0.39 is 23.1 Å². The van der Waals surface area contributed by atoms with Crippen LogP contribution in [-0.2, 0) is 14.3 Å². The van der Waals surface area contributed by atoms with E-state index in [0.29, 0.717) is 25.9 Å². The van der Waals surface area contributed by atoms with Crippen LogP contribution in [0.15, 0.2) is 23.3 Å². The summed E-state index contributed by atoms with van der Waals surface area (Å²) in [5.41, 5.74) is -0.208. The summed E-state index contributed by atoms with van der Waals surface area (Å²) < 4.78 is 5.16. The SMILES string of the molecule is C[C@]12CC[C@@H]3[C@H](CC[C@]4(O)C[C@H](O)CC[C@@]34C(=O)O)C1=CC[C@H]2C1=CC(=O)OC1. The fraction of sp³-hybridized carbons (Fsp3) is 0.739. The molecule has 3 N–H and O–H groups in total. The Morgan fingerprint density at radius 3 is 2.69 bits per heavy atom. The van der Waals surface area contributed by atoms with Gasteiger partial charge >= 0.3 is 11.9 Å². The molecule has 3 fully saturated rings. The Balaban J connectivity index is 1.51. The number of rotatable bonds is 2. The van der Waals surface area contributed by atoms with E-state index in [1.54, 1.807) is 6.08 Å². The van der Waals surface area contributed by atoms with E-state index in [9.17, 15) is 24.9 Å². The van der Waals surface area contributed by atoms with Crippen LogP contribution in [0.1, 0.15) is 58.3 Å². The summed E-state index contributed by atoms with van der Waals surface area (Å²) in [6.07, 6.45) is 7.86. The quantitative estimate of drug-likeness (QED) is 0.484. The van der Waals surface area contributed by atoms with Crippen LogP contribution < -0.4 is 0 Å². The highest BCUT2D eigenvalue weighted by atomic mass is 16.5. The third-order valence-corrected chi connectivity index (χ3v) is 9.15. The van der Waals surface area contributed by atoms with Gasteiger partial charge in [0.25, 0.3) is 0 Å². The van der Waals surface area contributed by atoms with E-state index in [2.05, 4.69) is 13.0 Å². The van der Waals surface area contributed by atoms with Crippen molar-refractivity contribution in [3.05, 3.63) is 23.3 Å². The molecule has 5 rings (SSSR count). The largest absolute Gasteiger partial charge is 0.481 e. The number of aliphatic hydroxyl groups is 2. The summed E-state index contributed by atoms with van der Waals surface area (Å²) in [4.78, 5) is 24.2. The van der Waals surface area contributed by atoms with Crippen molar-refractivity contribution in [1.29, 1.82) is 0 Å². The average Bonchev–Trinajstić information content (AvgIpc) is 3.23. The molecule has 0 bridgehead atoms. The van der Waals surface area contributed by atoms with Gasteiger partial charge in [0.1, 0.15) is 6.61 Å². The lowest BCUT2D eigenvalue weighted by Crippen LogP contribution is -2.66. The minimum absolute atomic E-state index is 0.0791. The van der Waals surface area contributed by atoms with Crippen LogP contribution in [0.4, 0.5) is 0 Å². The van der Waals surface area contributed by atoms with Gasteiger partial charge in [-0.25, -0.2) is 4.79 Å². The highest BCUT2D eigenvalue weighted by Crippen LogP contribution is 2.67. The average molecular weight is 402 g/mol. The summed E-state index contributed by atoms with van der Waals surface area (Å²) in [5, 5.41) is 32.0. The Morgan fingerprint density at radius 1 is 1.21 bits per heavy atom. The number of ether oxygens (including phenoxy) is 1. The number of carboxylic acids is 1. The Labute approximate surface area is 170 Å². The van der Waals surface area contributed by atoms with E-state index in [1.807, 2.05) is 0 Å². The zero-order valence-corrected chi connectivity index (χ0v) is 16.9. The van der Waals surface area contributed by atoms with Crippen LogP contribution in [-0.4, -0.2) is 45.6 Å². The molecular formula is C23H30O6. The van der Waals surface area contributed by atoms with Gasteiger partial charge in [0.05, 0.1) is 17.1 Å². The first-order chi connectivity index (χ1) is 13.7. The zero-order chi connectivity index (χ0) is 20.6. The molecule has 29 heavy (non-hydrogen) atoms. The molecule has 158 valence electrons. The fourth-order valence-corrected chi connectivity index (χ4v) is 7.82. The Bertz CT molecular complexity index is 829. The van der Waals surface area contributed by atoms with Gasteiger partial charge in [-0.3, -0.25) is 4.79 Å². The van der Waals surface area contributed by atoms with Crippen molar-refractivity contribution in [3.8, 4) is 0 Å². The minimum Gasteiger partial charge on any atom is -0.481 e. The Morgan fingerprint density at radius 2 is 2.00 bits per heavy atom. The molecule has 0 aromatic heterocycles. The van der Waals surface area contributed by atoms with Gasteiger partial charge < -0.3 is 20.1 Å². The number of cyclic esters (lactones) is 1. The second kappa shape index (κ2) is 6.17. The maximum Gasteiger partial charge on any atom is 0.331 e. The molecule has 1 aliphatic heterocycles. The van der Waals surface area contributed by atoms with Gasteiger partial charge in [-0.2, -0.15) is 0 Å². The molecule has 6 heteroatoms. The molecule has 1 heterocycles. The van der Waals surface area contributed by atoms with Crippen molar-refractivity contribution < 1.29 is 29.6 Å². The molecule has 0 unspecified atom stereocenters. The summed E-state index contributed by atoms with van der Waals surface area (Å²) in [6, 6.07) is 0. The molecule has 0 aromatic carbocycles. The summed E-state index contributed by atoms with van der Waals surface area (Å²) in [7, 11) is 0. The van der Waals surface area contributed by atoms with Crippen molar-refractivity contribution in [2.45, 2.75) is 70.0 Å². The van der Waals surface area contributed by atoms with Gasteiger partial charge in [0.15, 0.2) is 0 Å². The summed E-state index contributed by atoms with van der Waals surface area (Å²) >= 11 is 0. The van der Waals surface area contributed by atoms with Gasteiger partial charge in [-0.15, -0.1) is 0 Å². The predicted octanol–water partition coefficient (Wildman–Crippen LogP) is 2.59. The molecule has 3 saturated carbocycles. The summed E-state index contributed by atoms with van der Waals surface area (Å²) in [6.45, 7) is 2.63. The summed E-state index contributed by atoms with van der Waals surface area (Å²) in [5.74, 6) is -0.902. The van der Waals surface area contributed by atoms with Crippen molar-refractivity contribution in [1.82, 2.24) is 0 Å². The lowest BCUT2D eigenvalue weighted by molar-refractivity contribution is -0.222. The highest BCUT2D eigenvalue weighted by Gasteiger charge is 2.68. The number of carbonyl (C=O) groups excluding carboxylic acids is 1. The van der Waals surface area contributed by atoms with Crippen molar-refractivity contribution >= 4 is 11.9 Å². The predicted molar refractivity (Wildman–Crippen MR) is 104 cm³/mol. The molecule has 0 amide bonds. The number of carboxylic acid groups (broad SMARTS) is 1. The molecule has 5 aliphatic rings. The van der Waals surface area contributed by atoms with Crippen molar-refractivity contribution in [2.75, 3.05) is 6.61 Å². The van der Waals surface area contributed by atoms with E-state index in [4.69, 9.17) is 4.74 Å². The molecule has 0 spiro atoms. The van der Waals surface area contributed by atoms with Gasteiger partial charge in [-0.05, 0) is 73.7 Å². The van der Waals surface area contributed by atoms with Crippen molar-refractivity contribution in [2.24, 2.45) is 28.6 Å². The van der Waals surface area contributed by atoms with Gasteiger partial charge in [0, 0.05) is 12.5 Å². The molecule has 0 radical (unpaired) electrons. The number of hydrogen-bond donors (Lipinski definition) is 3. The second-order valence-corrected chi connectivity index (χ2v) is 10.2. The van der Waals surface area contributed by atoms with Crippen molar-refractivity contribution in [3.63, 3.8) is 0 Å². The van der Waals surface area contributed by atoms with Crippen LogP contribution >= 0.6 is 0 Å². The van der Waals surface area contributed by atoms with E-state index >= 15 is 0 Å². The Hall–Kier alpha value is -1.66. The third-order valence-electron chi connectivity index (χ3n) is 9.15. The first-order valence-electron chi connectivity index (χ1n) is 10.9. The maximum absolute atomic E-state index is 12.6. The van der Waals surface area contributed by atoms with E-state index in [0.717, 1.165) is 31.3 Å². The molecule has 0 saturated heterocycles. The van der Waals surface area contributed by atoms with Crippen LogP contribution in [0.25, 0.3) is 0 Å². The lowest BCUT2D eigenvalue weighted by Gasteiger charge is -2.61. The first kappa shape index (κ1) is 19.3. The zero-order valence-electron chi connectivity index (χ0n) is 16.9. The number of carbonyl (C=O) groups is 2. The number of aliphatic hydroxyl groups excluding tert-OH is 1. The van der Waals surface area contributed by atoms with E-state index in [-0.39, 0.29) is 35.6 Å². The second-order valence-electron chi connectivity index (χ2n) is 10.2. The van der Waals surface area contributed by atoms with Gasteiger partial charge in [-0.1, -0.05) is 18.6 Å². The van der Waals surface area contributed by atoms with Crippen LogP contribution in [0, 0.1) is 28.6 Å². The van der Waals surface area contributed by atoms with Gasteiger partial charge in [0.2, 0.25) is 0 Å². The number of hydrogen-bond acceptors (Lipinski definition) is 5. The highest BCUT2D eigenvalue weighted by molar-refractivity contribution is 5.85. The standard InChI is InChI=1S/C23H30O6/c1-21-7-6-18-15(17(21)3-2-16(21)13-10-19(25)29-12-13)5-8-22(28)11-14(24)4-9-23(18,22)20(26)27/h3,10,14-16,18,24,28H,2,4-9,11-12H2,1H3,(H,26,27)/t14-,15-,16+,18-,21-,22+,23+/m1/s1. The molecule has 7 atom stereocenters. The lowest BCUT2D eigenvalue weighted by atomic mass is 9.43. The van der Waals surface area contributed by atoms with Crippen LogP contribution in [0.2, 0.25) is 0 Å². The number of allylic oxidation sites excluding steroid dienone is 2. The first-order valence-corrected chi connectivity index (χ1v) is 10.9. The van der Waals surface area contributed by atoms with Crippen LogP contribution in [0.3, 0.4) is 0 Å². The molecule has 0 aromatic rings. The number of esters is 1. The number of aliphatic carboxylic acids is 1. The fourth-order valence-electron chi connectivity index (χ4n) is 7.82. The van der Waals surface area contributed by atoms with E-state index in [1.165, 1.54) is 5.57 Å². The normalized spacial score (nSPS) is 48.7. The number of fused-ring (bicyclic) bond motifs is 5. The smallest absolute Gasteiger partial charge is 0.331 e. The molecular weight excluding hydrogens is 372 g/mol. The topological polar surface area (TPSA) is 104 Å². The Kier molecular flexibility index (Phi) is 4.11.